The van der Waals surface area contributed by atoms with Gasteiger partial charge in [0.15, 0.2) is 0 Å². The van der Waals surface area contributed by atoms with Crippen LogP contribution in [-0.4, -0.2) is 39.5 Å². The third-order valence-electron chi connectivity index (χ3n) is 7.07. The van der Waals surface area contributed by atoms with E-state index in [-0.39, 0.29) is 12.5 Å². The highest BCUT2D eigenvalue weighted by Gasteiger charge is 2.40. The molecule has 1 amide bonds. The van der Waals surface area contributed by atoms with Gasteiger partial charge in [-0.3, -0.25) is 4.79 Å². The fourth-order valence-corrected chi connectivity index (χ4v) is 5.06. The SMILES string of the molecule is COC(=O)C1Cc2c(ncn2Cc2ccc(N)c(C)c2)CN1C(=O)C(c1ccccc1)c1ccccc1. The van der Waals surface area contributed by atoms with Gasteiger partial charge in [-0.2, -0.15) is 0 Å². The minimum Gasteiger partial charge on any atom is -0.467 e. The average Bonchev–Trinajstić information content (AvgIpc) is 3.32. The number of imidazole rings is 1. The number of hydrogen-bond donors (Lipinski definition) is 1. The first-order chi connectivity index (χ1) is 18.0. The quantitative estimate of drug-likeness (QED) is 0.322. The second kappa shape index (κ2) is 10.3. The Morgan fingerprint density at radius 3 is 2.27 bits per heavy atom. The lowest BCUT2D eigenvalue weighted by atomic mass is 9.88. The van der Waals surface area contributed by atoms with Crippen LogP contribution in [0.2, 0.25) is 0 Å². The van der Waals surface area contributed by atoms with Crippen molar-refractivity contribution in [2.45, 2.75) is 38.4 Å². The minimum atomic E-state index is -0.747. The monoisotopic (exact) mass is 494 g/mol. The first kappa shape index (κ1) is 24.3. The maximum atomic E-state index is 14.2. The molecule has 7 heteroatoms. The van der Waals surface area contributed by atoms with E-state index in [1.807, 2.05) is 84.3 Å². The van der Waals surface area contributed by atoms with Crippen LogP contribution in [0.15, 0.2) is 85.2 Å². The molecule has 4 aromatic rings. The van der Waals surface area contributed by atoms with E-state index in [1.54, 1.807) is 11.2 Å². The Balaban J connectivity index is 1.50. The van der Waals surface area contributed by atoms with E-state index in [2.05, 4.69) is 11.1 Å². The minimum absolute atomic E-state index is 0.151. The smallest absolute Gasteiger partial charge is 0.328 e. The predicted molar refractivity (Wildman–Crippen MR) is 142 cm³/mol. The lowest BCUT2D eigenvalue weighted by Gasteiger charge is -2.36. The number of esters is 1. The van der Waals surface area contributed by atoms with Crippen LogP contribution in [0.4, 0.5) is 5.69 Å². The van der Waals surface area contributed by atoms with Crippen LogP contribution in [0.5, 0.6) is 0 Å². The van der Waals surface area contributed by atoms with Crippen molar-refractivity contribution >= 4 is 17.6 Å². The molecule has 2 heterocycles. The van der Waals surface area contributed by atoms with Crippen molar-refractivity contribution < 1.29 is 14.3 Å². The molecule has 37 heavy (non-hydrogen) atoms. The van der Waals surface area contributed by atoms with E-state index in [0.717, 1.165) is 39.3 Å². The van der Waals surface area contributed by atoms with Crippen LogP contribution in [-0.2, 0) is 33.8 Å². The average molecular weight is 495 g/mol. The molecule has 0 radical (unpaired) electrons. The number of methoxy groups -OCH3 is 1. The van der Waals surface area contributed by atoms with Gasteiger partial charge in [0.25, 0.3) is 0 Å². The van der Waals surface area contributed by atoms with Gasteiger partial charge in [0.1, 0.15) is 6.04 Å². The Bertz CT molecular complexity index is 1380. The predicted octanol–water partition coefficient (Wildman–Crippen LogP) is 4.08. The van der Waals surface area contributed by atoms with Crippen LogP contribution in [0.25, 0.3) is 0 Å². The van der Waals surface area contributed by atoms with E-state index in [0.29, 0.717) is 13.0 Å². The van der Waals surface area contributed by atoms with Gasteiger partial charge >= 0.3 is 5.97 Å². The number of nitrogens with two attached hydrogens (primary N) is 1. The van der Waals surface area contributed by atoms with Crippen molar-refractivity contribution in [1.82, 2.24) is 14.5 Å². The van der Waals surface area contributed by atoms with E-state index >= 15 is 0 Å². The van der Waals surface area contributed by atoms with Crippen LogP contribution in [0, 0.1) is 6.92 Å². The number of fused-ring (bicyclic) bond motifs is 1. The second-order valence-corrected chi connectivity index (χ2v) is 9.42. The molecule has 3 aromatic carbocycles. The molecule has 7 nitrogen and oxygen atoms in total. The maximum absolute atomic E-state index is 14.2. The number of aryl methyl sites for hydroxylation is 1. The topological polar surface area (TPSA) is 90.4 Å². The molecule has 1 aliphatic heterocycles. The third-order valence-corrected chi connectivity index (χ3v) is 7.07. The number of anilines is 1. The number of nitrogen functional groups attached to an aromatic ring is 1. The summed E-state index contributed by atoms with van der Waals surface area (Å²) < 4.78 is 7.21. The number of amides is 1. The number of ether oxygens (including phenoxy) is 1. The normalized spacial score (nSPS) is 14.9. The van der Waals surface area contributed by atoms with Crippen molar-refractivity contribution in [3.05, 3.63) is 119 Å². The van der Waals surface area contributed by atoms with Gasteiger partial charge in [-0.05, 0) is 35.2 Å². The van der Waals surface area contributed by atoms with Gasteiger partial charge in [0, 0.05) is 24.3 Å². The highest BCUT2D eigenvalue weighted by atomic mass is 16.5. The van der Waals surface area contributed by atoms with Crippen molar-refractivity contribution in [2.24, 2.45) is 0 Å². The van der Waals surface area contributed by atoms with Gasteiger partial charge in [-0.15, -0.1) is 0 Å². The van der Waals surface area contributed by atoms with E-state index in [4.69, 9.17) is 10.5 Å². The Labute approximate surface area is 216 Å². The van der Waals surface area contributed by atoms with Crippen molar-refractivity contribution in [3.8, 4) is 0 Å². The van der Waals surface area contributed by atoms with Crippen molar-refractivity contribution in [1.29, 1.82) is 0 Å². The Kier molecular flexibility index (Phi) is 6.77. The lowest BCUT2D eigenvalue weighted by Crippen LogP contribution is -2.51. The molecule has 1 aromatic heterocycles. The van der Waals surface area contributed by atoms with Crippen LogP contribution < -0.4 is 5.73 Å². The van der Waals surface area contributed by atoms with E-state index < -0.39 is 17.9 Å². The highest BCUT2D eigenvalue weighted by molar-refractivity contribution is 5.91. The largest absolute Gasteiger partial charge is 0.467 e. The number of nitrogens with zero attached hydrogens (tertiary/aromatic N) is 3. The molecule has 2 N–H and O–H groups in total. The maximum Gasteiger partial charge on any atom is 0.328 e. The summed E-state index contributed by atoms with van der Waals surface area (Å²) in [5.74, 6) is -1.13. The summed E-state index contributed by atoms with van der Waals surface area (Å²) >= 11 is 0. The van der Waals surface area contributed by atoms with Gasteiger partial charge in [0.05, 0.1) is 31.6 Å². The fraction of sp³-hybridized carbons (Fsp3) is 0.233. The number of aromatic nitrogens is 2. The molecule has 0 saturated heterocycles. The van der Waals surface area contributed by atoms with E-state index in [1.165, 1.54) is 7.11 Å². The summed E-state index contributed by atoms with van der Waals surface area (Å²) in [6, 6.07) is 24.5. The first-order valence-corrected chi connectivity index (χ1v) is 12.3. The van der Waals surface area contributed by atoms with Gasteiger partial charge in [-0.25, -0.2) is 9.78 Å². The molecule has 0 aliphatic carbocycles. The molecule has 0 saturated carbocycles. The molecule has 0 bridgehead atoms. The van der Waals surface area contributed by atoms with Crippen molar-refractivity contribution in [2.75, 3.05) is 12.8 Å². The number of rotatable bonds is 6. The number of benzene rings is 3. The van der Waals surface area contributed by atoms with Crippen LogP contribution in [0.1, 0.15) is 39.6 Å². The Hall–Kier alpha value is -4.39. The summed E-state index contributed by atoms with van der Waals surface area (Å²) in [5.41, 5.74) is 12.3. The second-order valence-electron chi connectivity index (χ2n) is 9.42. The number of carbonyl (C=O) groups excluding carboxylic acids is 2. The number of hydrogen-bond acceptors (Lipinski definition) is 5. The zero-order valence-electron chi connectivity index (χ0n) is 21.0. The molecular formula is C30H30N4O3. The zero-order chi connectivity index (χ0) is 25.9. The molecular weight excluding hydrogens is 464 g/mol. The zero-order valence-corrected chi connectivity index (χ0v) is 21.0. The van der Waals surface area contributed by atoms with Crippen molar-refractivity contribution in [3.63, 3.8) is 0 Å². The standard InChI is InChI=1S/C30H30N4O3/c1-20-15-21(13-14-24(20)31)17-33-19-32-25-18-34(27(16-26(25)33)30(36)37-2)29(35)28(22-9-5-3-6-10-22)23-11-7-4-8-12-23/h3-15,19,27-28H,16-18,31H2,1-2H3. The molecule has 1 unspecified atom stereocenters. The third kappa shape index (κ3) is 4.85. The summed E-state index contributed by atoms with van der Waals surface area (Å²) in [6.45, 7) is 2.81. The van der Waals surface area contributed by atoms with Gasteiger partial charge < -0.3 is 19.9 Å². The molecule has 1 aliphatic rings. The van der Waals surface area contributed by atoms with Crippen LogP contribution in [0.3, 0.4) is 0 Å². The molecule has 5 rings (SSSR count). The lowest BCUT2D eigenvalue weighted by molar-refractivity contribution is -0.154. The van der Waals surface area contributed by atoms with Gasteiger partial charge in [0.2, 0.25) is 5.91 Å². The summed E-state index contributed by atoms with van der Waals surface area (Å²) in [7, 11) is 1.36. The fourth-order valence-electron chi connectivity index (χ4n) is 5.06. The Morgan fingerprint density at radius 2 is 1.68 bits per heavy atom. The number of carbonyl (C=O) groups is 2. The summed E-state index contributed by atoms with van der Waals surface area (Å²) in [4.78, 5) is 33.5. The first-order valence-electron chi connectivity index (χ1n) is 12.3. The van der Waals surface area contributed by atoms with Gasteiger partial charge in [-0.1, -0.05) is 72.8 Å². The molecule has 188 valence electrons. The molecule has 1 atom stereocenters. The summed E-state index contributed by atoms with van der Waals surface area (Å²) in [6.07, 6.45) is 2.11. The molecule has 0 fully saturated rings. The Morgan fingerprint density at radius 1 is 1.03 bits per heavy atom. The summed E-state index contributed by atoms with van der Waals surface area (Å²) in [5, 5.41) is 0. The molecule has 0 spiro atoms. The van der Waals surface area contributed by atoms with E-state index in [9.17, 15) is 9.59 Å². The highest BCUT2D eigenvalue weighted by Crippen LogP contribution is 2.32. The van der Waals surface area contributed by atoms with Crippen LogP contribution >= 0.6 is 0 Å².